The van der Waals surface area contributed by atoms with E-state index in [9.17, 15) is 4.79 Å². The van der Waals surface area contributed by atoms with Crippen LogP contribution < -0.4 is 11.1 Å². The quantitative estimate of drug-likeness (QED) is 0.661. The maximum Gasteiger partial charge on any atom is 0.407 e. The van der Waals surface area contributed by atoms with E-state index < -0.39 is 5.60 Å². The number of nitrogens with one attached hydrogen (secondary N) is 1. The van der Waals surface area contributed by atoms with Gasteiger partial charge in [0.2, 0.25) is 0 Å². The average molecular weight is 245 g/mol. The minimum absolute atomic E-state index is 0.354. The first-order chi connectivity index (χ1) is 7.85. The number of carbonyl (C=O) groups excluding carboxylic acids is 1. The molecular weight excluding hydrogens is 218 g/mol. The Bertz CT molecular complexity index is 214. The molecule has 5 nitrogen and oxygen atoms in total. The van der Waals surface area contributed by atoms with Gasteiger partial charge in [0.25, 0.3) is 0 Å². The van der Waals surface area contributed by atoms with E-state index in [0.29, 0.717) is 6.54 Å². The molecule has 5 heteroatoms. The second-order valence-corrected chi connectivity index (χ2v) is 5.23. The molecule has 0 aromatic rings. The number of ether oxygens (including phenoxy) is 1. The number of carbonyl (C=O) groups is 1. The molecule has 0 atom stereocenters. The molecule has 0 rings (SSSR count). The molecule has 17 heavy (non-hydrogen) atoms. The van der Waals surface area contributed by atoms with Gasteiger partial charge < -0.3 is 20.7 Å². The number of rotatable bonds is 7. The standard InChI is InChI=1S/C12H27N3O2/c1-12(2,3)17-11(16)14-8-10-15(4)9-6-5-7-13/h5-10,13H2,1-4H3,(H,14,16). The van der Waals surface area contributed by atoms with E-state index in [4.69, 9.17) is 10.5 Å². The monoisotopic (exact) mass is 245 g/mol. The zero-order valence-electron chi connectivity index (χ0n) is 11.6. The lowest BCUT2D eigenvalue weighted by Crippen LogP contribution is -2.37. The van der Waals surface area contributed by atoms with Crippen LogP contribution in [-0.2, 0) is 4.74 Å². The first-order valence-corrected chi connectivity index (χ1v) is 6.20. The Morgan fingerprint density at radius 3 is 2.47 bits per heavy atom. The highest BCUT2D eigenvalue weighted by molar-refractivity contribution is 5.67. The van der Waals surface area contributed by atoms with E-state index in [1.807, 2.05) is 27.8 Å². The summed E-state index contributed by atoms with van der Waals surface area (Å²) in [5.74, 6) is 0. The van der Waals surface area contributed by atoms with Crippen LogP contribution in [0.1, 0.15) is 33.6 Å². The molecule has 0 aliphatic heterocycles. The van der Waals surface area contributed by atoms with Crippen molar-refractivity contribution < 1.29 is 9.53 Å². The van der Waals surface area contributed by atoms with Gasteiger partial charge in [0.15, 0.2) is 0 Å². The van der Waals surface area contributed by atoms with Gasteiger partial charge in [-0.25, -0.2) is 4.79 Å². The fraction of sp³-hybridized carbons (Fsp3) is 0.917. The number of hydrogen-bond acceptors (Lipinski definition) is 4. The molecular formula is C12H27N3O2. The van der Waals surface area contributed by atoms with Gasteiger partial charge in [-0.1, -0.05) is 0 Å². The Balaban J connectivity index is 3.52. The predicted octanol–water partition coefficient (Wildman–Crippen LogP) is 1.18. The summed E-state index contributed by atoms with van der Waals surface area (Å²) in [6, 6.07) is 0. The van der Waals surface area contributed by atoms with Gasteiger partial charge in [0.05, 0.1) is 0 Å². The van der Waals surface area contributed by atoms with Crippen molar-refractivity contribution >= 4 is 6.09 Å². The molecule has 3 N–H and O–H groups in total. The zero-order valence-corrected chi connectivity index (χ0v) is 11.6. The first kappa shape index (κ1) is 16.2. The first-order valence-electron chi connectivity index (χ1n) is 6.20. The van der Waals surface area contributed by atoms with Crippen molar-refractivity contribution in [1.82, 2.24) is 10.2 Å². The van der Waals surface area contributed by atoms with Crippen LogP contribution in [0.5, 0.6) is 0 Å². The van der Waals surface area contributed by atoms with Gasteiger partial charge in [-0.3, -0.25) is 0 Å². The molecule has 0 aromatic carbocycles. The van der Waals surface area contributed by atoms with Crippen molar-refractivity contribution in [2.24, 2.45) is 5.73 Å². The third-order valence-corrected chi connectivity index (χ3v) is 2.16. The lowest BCUT2D eigenvalue weighted by molar-refractivity contribution is 0.0523. The molecule has 102 valence electrons. The summed E-state index contributed by atoms with van der Waals surface area (Å²) in [7, 11) is 2.04. The molecule has 0 aliphatic rings. The molecule has 0 heterocycles. The lowest BCUT2D eigenvalue weighted by atomic mass is 10.2. The van der Waals surface area contributed by atoms with Crippen LogP contribution in [0.15, 0.2) is 0 Å². The number of likely N-dealkylation sites (N-methyl/N-ethyl adjacent to an activating group) is 1. The van der Waals surface area contributed by atoms with Crippen molar-refractivity contribution in [3.8, 4) is 0 Å². The van der Waals surface area contributed by atoms with E-state index in [0.717, 1.165) is 32.5 Å². The van der Waals surface area contributed by atoms with Crippen LogP contribution in [-0.4, -0.2) is 49.8 Å². The van der Waals surface area contributed by atoms with Crippen molar-refractivity contribution in [2.75, 3.05) is 33.2 Å². The Hall–Kier alpha value is -0.810. The van der Waals surface area contributed by atoms with E-state index in [1.54, 1.807) is 0 Å². The molecule has 0 fully saturated rings. The highest BCUT2D eigenvalue weighted by Crippen LogP contribution is 2.06. The number of hydrogen-bond donors (Lipinski definition) is 2. The smallest absolute Gasteiger partial charge is 0.407 e. The summed E-state index contributed by atoms with van der Waals surface area (Å²) in [4.78, 5) is 13.5. The largest absolute Gasteiger partial charge is 0.444 e. The van der Waals surface area contributed by atoms with Crippen LogP contribution in [0.3, 0.4) is 0 Å². The highest BCUT2D eigenvalue weighted by atomic mass is 16.6. The molecule has 0 saturated heterocycles. The van der Waals surface area contributed by atoms with Crippen LogP contribution in [0.2, 0.25) is 0 Å². The summed E-state index contributed by atoms with van der Waals surface area (Å²) in [5, 5.41) is 2.73. The van der Waals surface area contributed by atoms with Crippen molar-refractivity contribution in [1.29, 1.82) is 0 Å². The fourth-order valence-corrected chi connectivity index (χ4v) is 1.30. The van der Waals surface area contributed by atoms with Gasteiger partial charge in [-0.05, 0) is 53.8 Å². The third kappa shape index (κ3) is 11.5. The SMILES string of the molecule is CN(CCCCN)CCNC(=O)OC(C)(C)C. The van der Waals surface area contributed by atoms with Gasteiger partial charge in [0, 0.05) is 13.1 Å². The summed E-state index contributed by atoms with van der Waals surface area (Å²) < 4.78 is 5.13. The summed E-state index contributed by atoms with van der Waals surface area (Å²) in [6.07, 6.45) is 1.79. The van der Waals surface area contributed by atoms with E-state index >= 15 is 0 Å². The molecule has 0 radical (unpaired) electrons. The molecule has 0 saturated carbocycles. The van der Waals surface area contributed by atoms with Crippen LogP contribution in [0.25, 0.3) is 0 Å². The average Bonchev–Trinajstić information content (AvgIpc) is 2.15. The molecule has 1 amide bonds. The molecule has 0 aliphatic carbocycles. The van der Waals surface area contributed by atoms with Gasteiger partial charge in [-0.15, -0.1) is 0 Å². The van der Waals surface area contributed by atoms with Crippen LogP contribution in [0.4, 0.5) is 4.79 Å². The number of alkyl carbamates (subject to hydrolysis) is 1. The maximum atomic E-state index is 11.3. The Morgan fingerprint density at radius 2 is 1.94 bits per heavy atom. The summed E-state index contributed by atoms with van der Waals surface area (Å²) in [6.45, 7) is 8.73. The van der Waals surface area contributed by atoms with Crippen molar-refractivity contribution in [3.05, 3.63) is 0 Å². The molecule has 0 unspecified atom stereocenters. The van der Waals surface area contributed by atoms with Crippen LogP contribution >= 0.6 is 0 Å². The van der Waals surface area contributed by atoms with Gasteiger partial charge in [0.1, 0.15) is 5.60 Å². The third-order valence-electron chi connectivity index (χ3n) is 2.16. The molecule has 0 bridgehead atoms. The number of nitrogens with zero attached hydrogens (tertiary/aromatic N) is 1. The number of unbranched alkanes of at least 4 members (excludes halogenated alkanes) is 1. The van der Waals surface area contributed by atoms with Crippen molar-refractivity contribution in [2.45, 2.75) is 39.2 Å². The van der Waals surface area contributed by atoms with E-state index in [1.165, 1.54) is 0 Å². The maximum absolute atomic E-state index is 11.3. The fourth-order valence-electron chi connectivity index (χ4n) is 1.30. The number of amides is 1. The normalized spacial score (nSPS) is 11.6. The Labute approximate surface area is 105 Å². The zero-order chi connectivity index (χ0) is 13.3. The number of nitrogens with two attached hydrogens (primary N) is 1. The van der Waals surface area contributed by atoms with E-state index in [2.05, 4.69) is 10.2 Å². The minimum atomic E-state index is -0.433. The highest BCUT2D eigenvalue weighted by Gasteiger charge is 2.15. The topological polar surface area (TPSA) is 67.6 Å². The van der Waals surface area contributed by atoms with Gasteiger partial charge in [-0.2, -0.15) is 0 Å². The second-order valence-electron chi connectivity index (χ2n) is 5.23. The van der Waals surface area contributed by atoms with Crippen molar-refractivity contribution in [3.63, 3.8) is 0 Å². The summed E-state index contributed by atoms with van der Waals surface area (Å²) in [5.41, 5.74) is 4.99. The molecule has 0 aromatic heterocycles. The second kappa shape index (κ2) is 8.31. The minimum Gasteiger partial charge on any atom is -0.444 e. The van der Waals surface area contributed by atoms with Gasteiger partial charge >= 0.3 is 6.09 Å². The van der Waals surface area contributed by atoms with E-state index in [-0.39, 0.29) is 6.09 Å². The Morgan fingerprint density at radius 1 is 1.29 bits per heavy atom. The molecule has 0 spiro atoms. The predicted molar refractivity (Wildman–Crippen MR) is 70.0 cm³/mol. The summed E-state index contributed by atoms with van der Waals surface area (Å²) >= 11 is 0. The lowest BCUT2D eigenvalue weighted by Gasteiger charge is -2.21. The van der Waals surface area contributed by atoms with Crippen LogP contribution in [0, 0.1) is 0 Å². The Kier molecular flexibility index (Phi) is 7.91.